The van der Waals surface area contributed by atoms with Crippen molar-refractivity contribution in [2.75, 3.05) is 0 Å². The SMILES string of the molecule is CCCCCC(CCCC)c1ccc(C)cc1. The average Bonchev–Trinajstić information content (AvgIpc) is 2.35. The van der Waals surface area contributed by atoms with Gasteiger partial charge in [-0.15, -0.1) is 0 Å². The molecule has 0 aromatic heterocycles. The molecule has 1 atom stereocenters. The van der Waals surface area contributed by atoms with E-state index in [4.69, 9.17) is 0 Å². The first kappa shape index (κ1) is 14.3. The lowest BCUT2D eigenvalue weighted by Crippen LogP contribution is -1.99. The topological polar surface area (TPSA) is 0 Å². The van der Waals surface area contributed by atoms with Gasteiger partial charge in [0.15, 0.2) is 0 Å². The van der Waals surface area contributed by atoms with E-state index in [1.165, 1.54) is 50.5 Å². The Morgan fingerprint density at radius 3 is 2.00 bits per heavy atom. The summed E-state index contributed by atoms with van der Waals surface area (Å²) in [6.07, 6.45) is 9.52. The summed E-state index contributed by atoms with van der Waals surface area (Å²) in [5.74, 6) is 0.794. The Morgan fingerprint density at radius 2 is 1.41 bits per heavy atom. The van der Waals surface area contributed by atoms with Crippen molar-refractivity contribution in [1.29, 1.82) is 0 Å². The quantitative estimate of drug-likeness (QED) is 0.493. The Kier molecular flexibility index (Phi) is 7.00. The number of hydrogen-bond acceptors (Lipinski definition) is 0. The second kappa shape index (κ2) is 8.33. The Hall–Kier alpha value is -0.780. The Morgan fingerprint density at radius 1 is 0.824 bits per heavy atom. The summed E-state index contributed by atoms with van der Waals surface area (Å²) in [6, 6.07) is 9.19. The van der Waals surface area contributed by atoms with Crippen LogP contribution in [0.2, 0.25) is 0 Å². The molecule has 0 nitrogen and oxygen atoms in total. The van der Waals surface area contributed by atoms with Gasteiger partial charge < -0.3 is 0 Å². The van der Waals surface area contributed by atoms with Crippen LogP contribution in [0.15, 0.2) is 24.3 Å². The highest BCUT2D eigenvalue weighted by atomic mass is 14.1. The fourth-order valence-corrected chi connectivity index (χ4v) is 2.41. The third-order valence-corrected chi connectivity index (χ3v) is 3.61. The van der Waals surface area contributed by atoms with E-state index < -0.39 is 0 Å². The van der Waals surface area contributed by atoms with Crippen LogP contribution >= 0.6 is 0 Å². The average molecular weight is 232 g/mol. The van der Waals surface area contributed by atoms with Gasteiger partial charge in [-0.2, -0.15) is 0 Å². The van der Waals surface area contributed by atoms with Gasteiger partial charge in [-0.1, -0.05) is 75.8 Å². The van der Waals surface area contributed by atoms with Gasteiger partial charge in [0.25, 0.3) is 0 Å². The molecule has 96 valence electrons. The fourth-order valence-electron chi connectivity index (χ4n) is 2.41. The maximum atomic E-state index is 2.33. The minimum atomic E-state index is 0.794. The van der Waals surface area contributed by atoms with Crippen molar-refractivity contribution < 1.29 is 0 Å². The molecule has 1 aromatic rings. The smallest absolute Gasteiger partial charge is 0.0162 e. The fraction of sp³-hybridized carbons (Fsp3) is 0.647. The third kappa shape index (κ3) is 5.39. The van der Waals surface area contributed by atoms with E-state index in [-0.39, 0.29) is 0 Å². The lowest BCUT2D eigenvalue weighted by atomic mass is 9.88. The molecule has 0 aliphatic carbocycles. The van der Waals surface area contributed by atoms with Gasteiger partial charge in [-0.3, -0.25) is 0 Å². The molecule has 1 unspecified atom stereocenters. The normalized spacial score (nSPS) is 12.6. The molecule has 0 saturated heterocycles. The Balaban J connectivity index is 2.57. The van der Waals surface area contributed by atoms with Crippen LogP contribution in [0.3, 0.4) is 0 Å². The summed E-state index contributed by atoms with van der Waals surface area (Å²) in [5.41, 5.74) is 2.93. The molecular weight excluding hydrogens is 204 g/mol. The number of hydrogen-bond donors (Lipinski definition) is 0. The first-order valence-electron chi connectivity index (χ1n) is 7.34. The molecule has 0 bridgehead atoms. The first-order valence-corrected chi connectivity index (χ1v) is 7.34. The zero-order chi connectivity index (χ0) is 12.5. The summed E-state index contributed by atoms with van der Waals surface area (Å²) in [7, 11) is 0. The predicted octanol–water partition coefficient (Wildman–Crippen LogP) is 5.85. The largest absolute Gasteiger partial charge is 0.0654 e. The van der Waals surface area contributed by atoms with Gasteiger partial charge in [0, 0.05) is 0 Å². The Labute approximate surface area is 107 Å². The molecule has 0 heterocycles. The van der Waals surface area contributed by atoms with Crippen LogP contribution in [-0.2, 0) is 0 Å². The molecule has 0 amide bonds. The molecule has 1 aromatic carbocycles. The van der Waals surface area contributed by atoms with Crippen molar-refractivity contribution in [2.24, 2.45) is 0 Å². The second-order valence-electron chi connectivity index (χ2n) is 5.25. The van der Waals surface area contributed by atoms with Crippen LogP contribution in [0.1, 0.15) is 75.8 Å². The zero-order valence-electron chi connectivity index (χ0n) is 11.8. The van der Waals surface area contributed by atoms with E-state index >= 15 is 0 Å². The first-order chi connectivity index (χ1) is 8.27. The monoisotopic (exact) mass is 232 g/mol. The van der Waals surface area contributed by atoms with E-state index in [9.17, 15) is 0 Å². The minimum Gasteiger partial charge on any atom is -0.0654 e. The van der Waals surface area contributed by atoms with E-state index in [0.29, 0.717) is 0 Å². The molecule has 0 saturated carbocycles. The lowest BCUT2D eigenvalue weighted by Gasteiger charge is -2.17. The number of aryl methyl sites for hydroxylation is 1. The van der Waals surface area contributed by atoms with Crippen LogP contribution in [0.5, 0.6) is 0 Å². The van der Waals surface area contributed by atoms with Gasteiger partial charge in [-0.05, 0) is 31.2 Å². The van der Waals surface area contributed by atoms with E-state index in [0.717, 1.165) is 5.92 Å². The van der Waals surface area contributed by atoms with Crippen LogP contribution in [0.25, 0.3) is 0 Å². The minimum absolute atomic E-state index is 0.794. The van der Waals surface area contributed by atoms with Crippen molar-refractivity contribution >= 4 is 0 Å². The molecular formula is C17H28. The van der Waals surface area contributed by atoms with Crippen LogP contribution < -0.4 is 0 Å². The summed E-state index contributed by atoms with van der Waals surface area (Å²) < 4.78 is 0. The molecule has 17 heavy (non-hydrogen) atoms. The molecule has 0 radical (unpaired) electrons. The molecule has 0 heteroatoms. The van der Waals surface area contributed by atoms with Crippen molar-refractivity contribution in [2.45, 2.75) is 71.6 Å². The summed E-state index contributed by atoms with van der Waals surface area (Å²) >= 11 is 0. The zero-order valence-corrected chi connectivity index (χ0v) is 11.8. The second-order valence-corrected chi connectivity index (χ2v) is 5.25. The predicted molar refractivity (Wildman–Crippen MR) is 77.6 cm³/mol. The van der Waals surface area contributed by atoms with Gasteiger partial charge in [-0.25, -0.2) is 0 Å². The number of unbranched alkanes of at least 4 members (excludes halogenated alkanes) is 3. The maximum absolute atomic E-state index is 2.33. The van der Waals surface area contributed by atoms with Crippen LogP contribution in [0.4, 0.5) is 0 Å². The standard InChI is InChI=1S/C17H28/c1-4-6-8-10-16(9-7-5-2)17-13-11-15(3)12-14-17/h11-14,16H,4-10H2,1-3H3. The van der Waals surface area contributed by atoms with Gasteiger partial charge >= 0.3 is 0 Å². The van der Waals surface area contributed by atoms with E-state index in [2.05, 4.69) is 45.0 Å². The number of benzene rings is 1. The van der Waals surface area contributed by atoms with Crippen LogP contribution in [-0.4, -0.2) is 0 Å². The van der Waals surface area contributed by atoms with Gasteiger partial charge in [0.1, 0.15) is 0 Å². The Bertz CT molecular complexity index is 283. The van der Waals surface area contributed by atoms with Crippen molar-refractivity contribution in [3.05, 3.63) is 35.4 Å². The highest BCUT2D eigenvalue weighted by Crippen LogP contribution is 2.28. The van der Waals surface area contributed by atoms with Crippen molar-refractivity contribution in [3.63, 3.8) is 0 Å². The molecule has 0 fully saturated rings. The van der Waals surface area contributed by atoms with Gasteiger partial charge in [0.2, 0.25) is 0 Å². The van der Waals surface area contributed by atoms with Crippen molar-refractivity contribution in [3.8, 4) is 0 Å². The van der Waals surface area contributed by atoms with E-state index in [1.54, 1.807) is 5.56 Å². The molecule has 0 aliphatic heterocycles. The highest BCUT2D eigenvalue weighted by Gasteiger charge is 2.10. The molecule has 0 spiro atoms. The number of rotatable bonds is 8. The summed E-state index contributed by atoms with van der Waals surface area (Å²) in [4.78, 5) is 0. The van der Waals surface area contributed by atoms with Crippen molar-refractivity contribution in [1.82, 2.24) is 0 Å². The summed E-state index contributed by atoms with van der Waals surface area (Å²) in [5, 5.41) is 0. The van der Waals surface area contributed by atoms with E-state index in [1.807, 2.05) is 0 Å². The maximum Gasteiger partial charge on any atom is -0.0162 e. The molecule has 0 aliphatic rings. The molecule has 1 rings (SSSR count). The third-order valence-electron chi connectivity index (χ3n) is 3.61. The molecule has 0 N–H and O–H groups in total. The van der Waals surface area contributed by atoms with Gasteiger partial charge in [0.05, 0.1) is 0 Å². The lowest BCUT2D eigenvalue weighted by molar-refractivity contribution is 0.515. The summed E-state index contributed by atoms with van der Waals surface area (Å²) in [6.45, 7) is 6.74. The van der Waals surface area contributed by atoms with Crippen LogP contribution in [0, 0.1) is 6.92 Å². The highest BCUT2D eigenvalue weighted by molar-refractivity contribution is 5.24.